The van der Waals surface area contributed by atoms with Gasteiger partial charge < -0.3 is 9.47 Å². The van der Waals surface area contributed by atoms with Gasteiger partial charge in [0.2, 0.25) is 0 Å². The maximum Gasteiger partial charge on any atom is 0.573 e. The van der Waals surface area contributed by atoms with E-state index in [0.717, 1.165) is 55.5 Å². The molecular weight excluding hydrogens is 364 g/mol. The molecule has 2 aromatic carbocycles. The molecule has 2 aromatic rings. The van der Waals surface area contributed by atoms with E-state index in [1.807, 2.05) is 0 Å². The van der Waals surface area contributed by atoms with E-state index in [1.165, 1.54) is 18.6 Å². The van der Waals surface area contributed by atoms with Gasteiger partial charge in [0.15, 0.2) is 11.6 Å². The second kappa shape index (κ2) is 7.98. The fourth-order valence-electron chi connectivity index (χ4n) is 3.24. The molecule has 0 amide bonds. The van der Waals surface area contributed by atoms with Crippen molar-refractivity contribution in [2.75, 3.05) is 0 Å². The van der Waals surface area contributed by atoms with Crippen molar-refractivity contribution in [3.05, 3.63) is 59.4 Å². The van der Waals surface area contributed by atoms with E-state index >= 15 is 0 Å². The molecule has 7 heteroatoms. The summed E-state index contributed by atoms with van der Waals surface area (Å²) in [5.41, 5.74) is 0.876. The zero-order valence-corrected chi connectivity index (χ0v) is 14.4. The first-order valence-electron chi connectivity index (χ1n) is 8.69. The van der Waals surface area contributed by atoms with E-state index < -0.39 is 23.9 Å². The molecule has 0 N–H and O–H groups in total. The third-order valence-corrected chi connectivity index (χ3v) is 4.56. The van der Waals surface area contributed by atoms with Crippen LogP contribution < -0.4 is 9.47 Å². The number of alkyl halides is 3. The van der Waals surface area contributed by atoms with Crippen LogP contribution in [0.3, 0.4) is 0 Å². The lowest BCUT2D eigenvalue weighted by molar-refractivity contribution is -0.274. The Hall–Kier alpha value is -2.57. The number of esters is 1. The molecule has 27 heavy (non-hydrogen) atoms. The highest BCUT2D eigenvalue weighted by Gasteiger charge is 2.31. The number of ether oxygens (including phenoxy) is 2. The molecule has 0 radical (unpaired) electrons. The molecule has 0 unspecified atom stereocenters. The molecule has 0 heterocycles. The van der Waals surface area contributed by atoms with Crippen LogP contribution in [0.1, 0.15) is 53.9 Å². The summed E-state index contributed by atoms with van der Waals surface area (Å²) in [5, 5.41) is 0. The summed E-state index contributed by atoms with van der Waals surface area (Å²) in [6, 6.07) is 8.79. The third kappa shape index (κ3) is 5.21. The minimum atomic E-state index is -4.81. The predicted molar refractivity (Wildman–Crippen MR) is 90.3 cm³/mol. The molecule has 0 spiro atoms. The van der Waals surface area contributed by atoms with Crippen LogP contribution in [0, 0.1) is 5.82 Å². The van der Waals surface area contributed by atoms with Gasteiger partial charge in [-0.25, -0.2) is 9.18 Å². The van der Waals surface area contributed by atoms with Crippen LogP contribution >= 0.6 is 0 Å². The maximum absolute atomic E-state index is 14.3. The first kappa shape index (κ1) is 19.2. The normalized spacial score (nSPS) is 15.4. The van der Waals surface area contributed by atoms with E-state index in [9.17, 15) is 22.4 Å². The van der Waals surface area contributed by atoms with Gasteiger partial charge in [-0.05, 0) is 60.7 Å². The highest BCUT2D eigenvalue weighted by atomic mass is 19.4. The first-order chi connectivity index (χ1) is 12.8. The molecule has 1 aliphatic carbocycles. The molecule has 0 saturated heterocycles. The van der Waals surface area contributed by atoms with Crippen molar-refractivity contribution in [3.63, 3.8) is 0 Å². The van der Waals surface area contributed by atoms with Crippen molar-refractivity contribution in [1.29, 1.82) is 0 Å². The zero-order valence-electron chi connectivity index (χ0n) is 14.4. The SMILES string of the molecule is O=C(Oc1ccc(C2CCCCC2)cc1F)c1ccc(OC(F)(F)F)cc1. The highest BCUT2D eigenvalue weighted by molar-refractivity contribution is 5.91. The van der Waals surface area contributed by atoms with Gasteiger partial charge in [0.05, 0.1) is 5.56 Å². The summed E-state index contributed by atoms with van der Waals surface area (Å²) < 4.78 is 59.5. The minimum absolute atomic E-state index is 0.0136. The summed E-state index contributed by atoms with van der Waals surface area (Å²) in [6.07, 6.45) is 0.663. The smallest absolute Gasteiger partial charge is 0.420 e. The maximum atomic E-state index is 14.3. The van der Waals surface area contributed by atoms with Crippen molar-refractivity contribution >= 4 is 5.97 Å². The van der Waals surface area contributed by atoms with E-state index in [-0.39, 0.29) is 11.3 Å². The lowest BCUT2D eigenvalue weighted by atomic mass is 9.84. The van der Waals surface area contributed by atoms with Crippen molar-refractivity contribution in [1.82, 2.24) is 0 Å². The second-order valence-corrected chi connectivity index (χ2v) is 6.49. The highest BCUT2D eigenvalue weighted by Crippen LogP contribution is 2.34. The van der Waals surface area contributed by atoms with Crippen molar-refractivity contribution in [2.24, 2.45) is 0 Å². The number of hydrogen-bond donors (Lipinski definition) is 0. The summed E-state index contributed by atoms with van der Waals surface area (Å²) in [5.74, 6) is -1.85. The summed E-state index contributed by atoms with van der Waals surface area (Å²) in [7, 11) is 0. The van der Waals surface area contributed by atoms with Crippen LogP contribution in [0.5, 0.6) is 11.5 Å². The van der Waals surface area contributed by atoms with Gasteiger partial charge in [-0.2, -0.15) is 0 Å². The molecule has 0 aliphatic heterocycles. The lowest BCUT2D eigenvalue weighted by Crippen LogP contribution is -2.17. The molecule has 3 rings (SSSR count). The van der Waals surface area contributed by atoms with E-state index in [2.05, 4.69) is 4.74 Å². The Balaban J connectivity index is 1.66. The molecule has 1 saturated carbocycles. The van der Waals surface area contributed by atoms with E-state index in [4.69, 9.17) is 4.74 Å². The fourth-order valence-corrected chi connectivity index (χ4v) is 3.24. The number of benzene rings is 2. The third-order valence-electron chi connectivity index (χ3n) is 4.56. The number of hydrogen-bond acceptors (Lipinski definition) is 3. The number of carbonyl (C=O) groups excluding carboxylic acids is 1. The van der Waals surface area contributed by atoms with Crippen LogP contribution in [-0.2, 0) is 0 Å². The molecule has 0 atom stereocenters. The Bertz CT molecular complexity index is 794. The van der Waals surface area contributed by atoms with Gasteiger partial charge in [0, 0.05) is 0 Å². The topological polar surface area (TPSA) is 35.5 Å². The van der Waals surface area contributed by atoms with Gasteiger partial charge >= 0.3 is 12.3 Å². The lowest BCUT2D eigenvalue weighted by Gasteiger charge is -2.22. The van der Waals surface area contributed by atoms with Gasteiger partial charge in [0.25, 0.3) is 0 Å². The Kier molecular flexibility index (Phi) is 5.68. The number of halogens is 4. The molecule has 0 aromatic heterocycles. The fraction of sp³-hybridized carbons (Fsp3) is 0.350. The Morgan fingerprint density at radius 2 is 1.63 bits per heavy atom. The van der Waals surface area contributed by atoms with Crippen LogP contribution in [-0.4, -0.2) is 12.3 Å². The van der Waals surface area contributed by atoms with Crippen LogP contribution in [0.25, 0.3) is 0 Å². The summed E-state index contributed by atoms with van der Waals surface area (Å²) in [6.45, 7) is 0. The van der Waals surface area contributed by atoms with Gasteiger partial charge in [0.1, 0.15) is 5.75 Å². The van der Waals surface area contributed by atoms with Gasteiger partial charge in [-0.15, -0.1) is 13.2 Å². The monoisotopic (exact) mass is 382 g/mol. The number of carbonyl (C=O) groups is 1. The van der Waals surface area contributed by atoms with Crippen LogP contribution in [0.2, 0.25) is 0 Å². The molecule has 1 aliphatic rings. The summed E-state index contributed by atoms with van der Waals surface area (Å²) >= 11 is 0. The quantitative estimate of drug-likeness (QED) is 0.370. The first-order valence-corrected chi connectivity index (χ1v) is 8.69. The average molecular weight is 382 g/mol. The van der Waals surface area contributed by atoms with Crippen molar-refractivity contribution < 1.29 is 31.8 Å². The summed E-state index contributed by atoms with van der Waals surface area (Å²) in [4.78, 5) is 12.1. The van der Waals surface area contributed by atoms with E-state index in [0.29, 0.717) is 5.92 Å². The predicted octanol–water partition coefficient (Wildman–Crippen LogP) is 5.99. The van der Waals surface area contributed by atoms with Crippen LogP contribution in [0.15, 0.2) is 42.5 Å². The average Bonchev–Trinajstić information content (AvgIpc) is 2.63. The molecular formula is C20H18F4O3. The molecule has 0 bridgehead atoms. The van der Waals surface area contributed by atoms with Gasteiger partial charge in [-0.3, -0.25) is 0 Å². The molecule has 3 nitrogen and oxygen atoms in total. The van der Waals surface area contributed by atoms with E-state index in [1.54, 1.807) is 6.07 Å². The van der Waals surface area contributed by atoms with Crippen molar-refractivity contribution in [3.8, 4) is 11.5 Å². The Labute approximate surface area is 153 Å². The number of rotatable bonds is 4. The Morgan fingerprint density at radius 1 is 0.963 bits per heavy atom. The largest absolute Gasteiger partial charge is 0.573 e. The van der Waals surface area contributed by atoms with Gasteiger partial charge in [-0.1, -0.05) is 25.3 Å². The second-order valence-electron chi connectivity index (χ2n) is 6.49. The van der Waals surface area contributed by atoms with Crippen LogP contribution in [0.4, 0.5) is 17.6 Å². The standard InChI is InChI=1S/C20H18F4O3/c21-17-12-15(13-4-2-1-3-5-13)8-11-18(17)26-19(25)14-6-9-16(10-7-14)27-20(22,23)24/h6-13H,1-5H2. The molecule has 1 fully saturated rings. The molecule has 144 valence electrons. The Morgan fingerprint density at radius 3 is 2.22 bits per heavy atom. The van der Waals surface area contributed by atoms with Crippen molar-refractivity contribution in [2.45, 2.75) is 44.4 Å². The zero-order chi connectivity index (χ0) is 19.4. The minimum Gasteiger partial charge on any atom is -0.420 e.